The van der Waals surface area contributed by atoms with E-state index >= 15 is 0 Å². The van der Waals surface area contributed by atoms with Crippen LogP contribution in [-0.2, 0) is 6.42 Å². The molecule has 2 aromatic heterocycles. The van der Waals surface area contributed by atoms with Crippen LogP contribution in [0.4, 0.5) is 0 Å². The maximum atomic E-state index is 6.11. The molecule has 0 radical (unpaired) electrons. The minimum Gasteiger partial charge on any atom is -0.456 e. The molecule has 0 N–H and O–H groups in total. The molecule has 2 aliphatic rings. The van der Waals surface area contributed by atoms with Crippen molar-refractivity contribution in [3.05, 3.63) is 76.9 Å². The van der Waals surface area contributed by atoms with Gasteiger partial charge in [0.25, 0.3) is 0 Å². The van der Waals surface area contributed by atoms with Crippen LogP contribution in [-0.4, -0.2) is 9.97 Å². The zero-order chi connectivity index (χ0) is 14.5. The summed E-state index contributed by atoms with van der Waals surface area (Å²) in [6.45, 7) is 0. The Morgan fingerprint density at radius 1 is 0.955 bits per heavy atom. The fourth-order valence-corrected chi connectivity index (χ4v) is 3.08. The lowest BCUT2D eigenvalue weighted by molar-refractivity contribution is 0.432. The van der Waals surface area contributed by atoms with Gasteiger partial charge >= 0.3 is 0 Å². The summed E-state index contributed by atoms with van der Waals surface area (Å²) < 4.78 is 6.11. The summed E-state index contributed by atoms with van der Waals surface area (Å²) >= 11 is 0. The summed E-state index contributed by atoms with van der Waals surface area (Å²) in [6, 6.07) is 12.3. The number of hydrogen-bond acceptors (Lipinski definition) is 3. The summed E-state index contributed by atoms with van der Waals surface area (Å²) in [5, 5.41) is 1.13. The molecule has 1 aromatic carbocycles. The highest BCUT2D eigenvalue weighted by molar-refractivity contribution is 5.86. The molecule has 3 heteroatoms. The lowest BCUT2D eigenvalue weighted by atomic mass is 9.92. The number of nitrogens with zero attached hydrogens (tertiary/aromatic N) is 2. The Kier molecular flexibility index (Phi) is 2.27. The van der Waals surface area contributed by atoms with Crippen molar-refractivity contribution in [3.8, 4) is 5.75 Å². The van der Waals surface area contributed by atoms with Crippen LogP contribution in [0.25, 0.3) is 23.1 Å². The van der Waals surface area contributed by atoms with E-state index in [4.69, 9.17) is 4.74 Å². The van der Waals surface area contributed by atoms with Gasteiger partial charge in [0, 0.05) is 47.5 Å². The SMILES string of the molecule is C1=C2Cc3cccnc3C=C2Oc2cc3ncccc3cc21. The third-order valence-electron chi connectivity index (χ3n) is 4.18. The molecule has 0 saturated carbocycles. The average molecular weight is 284 g/mol. The van der Waals surface area contributed by atoms with Crippen molar-refractivity contribution in [1.82, 2.24) is 9.97 Å². The van der Waals surface area contributed by atoms with E-state index < -0.39 is 0 Å². The molecule has 104 valence electrons. The molecule has 0 fully saturated rings. The predicted octanol–water partition coefficient (Wildman–Crippen LogP) is 4.00. The van der Waals surface area contributed by atoms with Gasteiger partial charge < -0.3 is 4.74 Å². The van der Waals surface area contributed by atoms with Crippen LogP contribution in [0.1, 0.15) is 16.8 Å². The van der Waals surface area contributed by atoms with Crippen molar-refractivity contribution in [2.75, 3.05) is 0 Å². The third-order valence-corrected chi connectivity index (χ3v) is 4.18. The molecule has 3 aromatic rings. The minimum atomic E-state index is 0.861. The molecule has 0 bridgehead atoms. The standard InChI is InChI=1S/C19H12N2O/c1-3-12-7-14-9-15-8-13-4-2-6-21-17(13)11-19(15)22-18(14)10-16(12)20-5-1/h1-7,9-11H,8H2. The lowest BCUT2D eigenvalue weighted by Gasteiger charge is -2.24. The van der Waals surface area contributed by atoms with Gasteiger partial charge in [-0.2, -0.15) is 0 Å². The second-order valence-electron chi connectivity index (χ2n) is 5.59. The predicted molar refractivity (Wildman–Crippen MR) is 86.3 cm³/mol. The Labute approximate surface area is 127 Å². The molecule has 3 heterocycles. The highest BCUT2D eigenvalue weighted by Crippen LogP contribution is 2.38. The molecule has 1 aliphatic heterocycles. The molecule has 0 amide bonds. The molecule has 0 unspecified atom stereocenters. The second-order valence-corrected chi connectivity index (χ2v) is 5.59. The van der Waals surface area contributed by atoms with Gasteiger partial charge in [-0.1, -0.05) is 12.1 Å². The Morgan fingerprint density at radius 3 is 2.86 bits per heavy atom. The van der Waals surface area contributed by atoms with Crippen LogP contribution < -0.4 is 4.74 Å². The van der Waals surface area contributed by atoms with Gasteiger partial charge in [-0.3, -0.25) is 9.97 Å². The highest BCUT2D eigenvalue weighted by Gasteiger charge is 2.23. The van der Waals surface area contributed by atoms with Crippen molar-refractivity contribution in [2.24, 2.45) is 0 Å². The van der Waals surface area contributed by atoms with Crippen LogP contribution in [0, 0.1) is 0 Å². The molecule has 22 heavy (non-hydrogen) atoms. The zero-order valence-electron chi connectivity index (χ0n) is 11.8. The van der Waals surface area contributed by atoms with Crippen molar-refractivity contribution < 1.29 is 4.74 Å². The summed E-state index contributed by atoms with van der Waals surface area (Å²) in [5.74, 6) is 1.76. The fourth-order valence-electron chi connectivity index (χ4n) is 3.08. The number of pyridine rings is 2. The van der Waals surface area contributed by atoms with Crippen LogP contribution in [0.15, 0.2) is 60.1 Å². The molecule has 1 aliphatic carbocycles. The van der Waals surface area contributed by atoms with E-state index in [0.29, 0.717) is 0 Å². The summed E-state index contributed by atoms with van der Waals surface area (Å²) in [5.41, 5.74) is 5.51. The highest BCUT2D eigenvalue weighted by atomic mass is 16.5. The summed E-state index contributed by atoms with van der Waals surface area (Å²) in [7, 11) is 0. The Balaban J connectivity index is 1.70. The first-order chi connectivity index (χ1) is 10.9. The Morgan fingerprint density at radius 2 is 1.86 bits per heavy atom. The topological polar surface area (TPSA) is 35.0 Å². The van der Waals surface area contributed by atoms with Crippen LogP contribution in [0.2, 0.25) is 0 Å². The molecule has 0 spiro atoms. The molecular formula is C19H12N2O. The number of aromatic nitrogens is 2. The summed E-state index contributed by atoms with van der Waals surface area (Å²) in [4.78, 5) is 8.82. The molecule has 0 atom stereocenters. The maximum Gasteiger partial charge on any atom is 0.136 e. The van der Waals surface area contributed by atoms with Crippen molar-refractivity contribution in [1.29, 1.82) is 0 Å². The van der Waals surface area contributed by atoms with Gasteiger partial charge in [0.05, 0.1) is 11.2 Å². The van der Waals surface area contributed by atoms with Crippen LogP contribution in [0.5, 0.6) is 5.75 Å². The van der Waals surface area contributed by atoms with E-state index in [1.807, 2.05) is 30.5 Å². The van der Waals surface area contributed by atoms with Gasteiger partial charge in [0.2, 0.25) is 0 Å². The van der Waals surface area contributed by atoms with E-state index in [1.54, 1.807) is 6.20 Å². The van der Waals surface area contributed by atoms with Crippen LogP contribution in [0.3, 0.4) is 0 Å². The van der Waals surface area contributed by atoms with E-state index in [-0.39, 0.29) is 0 Å². The Hall–Kier alpha value is -2.94. The number of allylic oxidation sites excluding steroid dienone is 1. The minimum absolute atomic E-state index is 0.861. The molecule has 0 saturated heterocycles. The molecular weight excluding hydrogens is 272 g/mol. The molecule has 3 nitrogen and oxygen atoms in total. The van der Waals surface area contributed by atoms with Gasteiger partial charge in [0.1, 0.15) is 11.5 Å². The van der Waals surface area contributed by atoms with Gasteiger partial charge in [-0.05, 0) is 29.8 Å². The average Bonchev–Trinajstić information content (AvgIpc) is 2.56. The fraction of sp³-hybridized carbons (Fsp3) is 0.0526. The Bertz CT molecular complexity index is 986. The second kappa shape index (κ2) is 4.28. The smallest absolute Gasteiger partial charge is 0.136 e. The third kappa shape index (κ3) is 1.69. The van der Waals surface area contributed by atoms with Gasteiger partial charge in [0.15, 0.2) is 0 Å². The van der Waals surface area contributed by atoms with Gasteiger partial charge in [-0.15, -0.1) is 0 Å². The number of fused-ring (bicyclic) bond motifs is 4. The first kappa shape index (κ1) is 11.7. The number of benzene rings is 1. The normalized spacial score (nSPS) is 15.1. The molecule has 5 rings (SSSR count). The number of hydrogen-bond donors (Lipinski definition) is 0. The monoisotopic (exact) mass is 284 g/mol. The van der Waals surface area contributed by atoms with Crippen molar-refractivity contribution in [3.63, 3.8) is 0 Å². The van der Waals surface area contributed by atoms with E-state index in [9.17, 15) is 0 Å². The number of rotatable bonds is 0. The maximum absolute atomic E-state index is 6.11. The van der Waals surface area contributed by atoms with E-state index in [2.05, 4.69) is 34.2 Å². The van der Waals surface area contributed by atoms with Gasteiger partial charge in [-0.25, -0.2) is 0 Å². The lowest BCUT2D eigenvalue weighted by Crippen LogP contribution is -2.12. The first-order valence-electron chi connectivity index (χ1n) is 7.30. The zero-order valence-corrected chi connectivity index (χ0v) is 11.8. The van der Waals surface area contributed by atoms with Crippen LogP contribution >= 0.6 is 0 Å². The van der Waals surface area contributed by atoms with E-state index in [0.717, 1.165) is 40.1 Å². The largest absolute Gasteiger partial charge is 0.456 e. The first-order valence-corrected chi connectivity index (χ1v) is 7.30. The number of ether oxygens (including phenoxy) is 1. The van der Waals surface area contributed by atoms with E-state index in [1.165, 1.54) is 11.1 Å². The quantitative estimate of drug-likeness (QED) is 0.626. The van der Waals surface area contributed by atoms with Crippen molar-refractivity contribution in [2.45, 2.75) is 6.42 Å². The van der Waals surface area contributed by atoms with Crippen molar-refractivity contribution >= 4 is 23.1 Å². The summed E-state index contributed by atoms with van der Waals surface area (Å²) in [6.07, 6.45) is 8.72.